The molecular formula is C6H16FeO4. The molecule has 0 amide bonds. The number of aliphatic hydroxyl groups excluding tert-OH is 2. The second-order valence-corrected chi connectivity index (χ2v) is 1.67. The Bertz CT molecular complexity index is 50.5. The Morgan fingerprint density at radius 1 is 0.909 bits per heavy atom. The molecule has 0 aromatic carbocycles. The molecule has 0 bridgehead atoms. The molecule has 72 valence electrons. The van der Waals surface area contributed by atoms with Crippen molar-refractivity contribution in [2.24, 2.45) is 0 Å². The average Bonchev–Trinajstić information content (AvgIpc) is 1.89. The van der Waals surface area contributed by atoms with Crippen molar-refractivity contribution in [3.05, 3.63) is 0 Å². The predicted octanol–water partition coefficient (Wildman–Crippen LogP) is -0.0603. The molecule has 2 N–H and O–H groups in total. The molecule has 0 aliphatic carbocycles. The van der Waals surface area contributed by atoms with Crippen LogP contribution in [0, 0.1) is 0 Å². The maximum Gasteiger partial charge on any atom is 0.151 e. The van der Waals surface area contributed by atoms with Crippen molar-refractivity contribution >= 4 is 0 Å². The van der Waals surface area contributed by atoms with Gasteiger partial charge in [-0.1, -0.05) is 0 Å². The zero-order chi connectivity index (χ0) is 8.57. The summed E-state index contributed by atoms with van der Waals surface area (Å²) in [7, 11) is 2.90. The zero-order valence-corrected chi connectivity index (χ0v) is 8.32. The van der Waals surface area contributed by atoms with Crippen LogP contribution in [0.3, 0.4) is 0 Å². The molecule has 0 rings (SSSR count). The fourth-order valence-electron chi connectivity index (χ4n) is 0. The molecular weight excluding hydrogens is 192 g/mol. The number of methoxy groups -OCH3 is 2. The third-order valence-electron chi connectivity index (χ3n) is 0.682. The first-order valence-electron chi connectivity index (χ1n) is 2.96. The van der Waals surface area contributed by atoms with Crippen LogP contribution < -0.4 is 0 Å². The van der Waals surface area contributed by atoms with Crippen molar-refractivity contribution in [2.75, 3.05) is 14.2 Å². The van der Waals surface area contributed by atoms with Crippen LogP contribution in [0.4, 0.5) is 0 Å². The molecule has 0 heterocycles. The summed E-state index contributed by atoms with van der Waals surface area (Å²) < 4.78 is 8.61. The number of ether oxygens (including phenoxy) is 2. The van der Waals surface area contributed by atoms with E-state index in [4.69, 9.17) is 10.2 Å². The third kappa shape index (κ3) is 38.1. The molecule has 4 nitrogen and oxygen atoms in total. The minimum Gasteiger partial charge on any atom is -0.368 e. The van der Waals surface area contributed by atoms with Gasteiger partial charge in [0.1, 0.15) is 0 Å². The van der Waals surface area contributed by atoms with E-state index in [9.17, 15) is 0 Å². The first-order chi connectivity index (χ1) is 4.54. The van der Waals surface area contributed by atoms with Crippen LogP contribution in [0.25, 0.3) is 0 Å². The summed E-state index contributed by atoms with van der Waals surface area (Å²) in [6, 6.07) is 0. The second kappa shape index (κ2) is 13.0. The quantitative estimate of drug-likeness (QED) is 0.493. The molecule has 2 unspecified atom stereocenters. The zero-order valence-electron chi connectivity index (χ0n) is 7.22. The van der Waals surface area contributed by atoms with Crippen molar-refractivity contribution in [2.45, 2.75) is 26.4 Å². The molecule has 2 atom stereocenters. The van der Waals surface area contributed by atoms with Crippen molar-refractivity contribution in [3.63, 3.8) is 0 Å². The molecule has 0 saturated carbocycles. The van der Waals surface area contributed by atoms with Gasteiger partial charge < -0.3 is 19.7 Å². The van der Waals surface area contributed by atoms with Gasteiger partial charge in [0.2, 0.25) is 0 Å². The average molecular weight is 208 g/mol. The molecule has 0 radical (unpaired) electrons. The summed E-state index contributed by atoms with van der Waals surface area (Å²) in [6.07, 6.45) is -1.23. The van der Waals surface area contributed by atoms with E-state index >= 15 is 0 Å². The molecule has 0 spiro atoms. The Labute approximate surface area is 78.0 Å². The Kier molecular flexibility index (Phi) is 20.6. The fourth-order valence-corrected chi connectivity index (χ4v) is 0. The van der Waals surface area contributed by atoms with Crippen molar-refractivity contribution in [3.8, 4) is 0 Å². The summed E-state index contributed by atoms with van der Waals surface area (Å²) in [5.41, 5.74) is 0. The molecule has 11 heavy (non-hydrogen) atoms. The summed E-state index contributed by atoms with van der Waals surface area (Å²) in [6.45, 7) is 3.11. The van der Waals surface area contributed by atoms with Crippen LogP contribution in [-0.2, 0) is 26.5 Å². The SMILES string of the molecule is COC(C)O.COC(C)O.[Fe]. The van der Waals surface area contributed by atoms with Crippen LogP contribution in [0.15, 0.2) is 0 Å². The van der Waals surface area contributed by atoms with Gasteiger partial charge >= 0.3 is 0 Å². The molecule has 0 saturated heterocycles. The number of aliphatic hydroxyl groups is 2. The maximum absolute atomic E-state index is 8.14. The molecule has 0 aromatic rings. The summed E-state index contributed by atoms with van der Waals surface area (Å²) in [4.78, 5) is 0. The van der Waals surface area contributed by atoms with E-state index in [2.05, 4.69) is 9.47 Å². The van der Waals surface area contributed by atoms with Crippen LogP contribution in [-0.4, -0.2) is 37.0 Å². The molecule has 0 aromatic heterocycles. The summed E-state index contributed by atoms with van der Waals surface area (Å²) in [5.74, 6) is 0. The smallest absolute Gasteiger partial charge is 0.151 e. The molecule has 0 aliphatic heterocycles. The van der Waals surface area contributed by atoms with Gasteiger partial charge in [-0.2, -0.15) is 0 Å². The first kappa shape index (κ1) is 17.4. The summed E-state index contributed by atoms with van der Waals surface area (Å²) in [5, 5.41) is 16.3. The van der Waals surface area contributed by atoms with Gasteiger partial charge in [0.15, 0.2) is 12.6 Å². The Hall–Kier alpha value is 0.359. The molecule has 0 fully saturated rings. The number of rotatable bonds is 2. The van der Waals surface area contributed by atoms with E-state index in [0.717, 1.165) is 0 Å². The van der Waals surface area contributed by atoms with E-state index in [0.29, 0.717) is 0 Å². The van der Waals surface area contributed by atoms with Gasteiger partial charge in [-0.3, -0.25) is 0 Å². The van der Waals surface area contributed by atoms with E-state index in [-0.39, 0.29) is 17.1 Å². The first-order valence-corrected chi connectivity index (χ1v) is 2.96. The normalized spacial score (nSPS) is 13.6. The fraction of sp³-hybridized carbons (Fsp3) is 1.00. The van der Waals surface area contributed by atoms with Crippen molar-refractivity contribution in [1.82, 2.24) is 0 Å². The van der Waals surface area contributed by atoms with Gasteiger partial charge in [-0.15, -0.1) is 0 Å². The van der Waals surface area contributed by atoms with Crippen LogP contribution in [0.2, 0.25) is 0 Å². The van der Waals surface area contributed by atoms with Crippen LogP contribution in [0.1, 0.15) is 13.8 Å². The van der Waals surface area contributed by atoms with Crippen molar-refractivity contribution < 1.29 is 36.8 Å². The predicted molar refractivity (Wildman–Crippen MR) is 37.4 cm³/mol. The Balaban J connectivity index is -0.000000107. The van der Waals surface area contributed by atoms with Crippen LogP contribution in [0.5, 0.6) is 0 Å². The van der Waals surface area contributed by atoms with E-state index in [1.54, 1.807) is 13.8 Å². The minimum atomic E-state index is -0.616. The van der Waals surface area contributed by atoms with Gasteiger partial charge in [0.25, 0.3) is 0 Å². The van der Waals surface area contributed by atoms with E-state index in [1.807, 2.05) is 0 Å². The largest absolute Gasteiger partial charge is 0.368 e. The monoisotopic (exact) mass is 208 g/mol. The number of hydrogen-bond donors (Lipinski definition) is 2. The maximum atomic E-state index is 8.14. The Morgan fingerprint density at radius 2 is 1.00 bits per heavy atom. The van der Waals surface area contributed by atoms with E-state index in [1.165, 1.54) is 14.2 Å². The van der Waals surface area contributed by atoms with Gasteiger partial charge in [0.05, 0.1) is 0 Å². The molecule has 5 heteroatoms. The van der Waals surface area contributed by atoms with Crippen molar-refractivity contribution in [1.29, 1.82) is 0 Å². The summed E-state index contributed by atoms with van der Waals surface area (Å²) >= 11 is 0. The minimum absolute atomic E-state index is 0. The third-order valence-corrected chi connectivity index (χ3v) is 0.682. The van der Waals surface area contributed by atoms with Crippen LogP contribution >= 0.6 is 0 Å². The number of hydrogen-bond acceptors (Lipinski definition) is 4. The van der Waals surface area contributed by atoms with Gasteiger partial charge in [0, 0.05) is 31.3 Å². The topological polar surface area (TPSA) is 58.9 Å². The van der Waals surface area contributed by atoms with Gasteiger partial charge in [-0.05, 0) is 13.8 Å². The Morgan fingerprint density at radius 3 is 1.00 bits per heavy atom. The van der Waals surface area contributed by atoms with E-state index < -0.39 is 12.6 Å². The molecule has 0 aliphatic rings. The standard InChI is InChI=1S/2C3H8O2.Fe/c2*1-3(4)5-2;/h2*3-4H,1-2H3;. The second-order valence-electron chi connectivity index (χ2n) is 1.67. The van der Waals surface area contributed by atoms with Gasteiger partial charge in [-0.25, -0.2) is 0 Å².